The maximum Gasteiger partial charge on any atom is 0.426 e. The van der Waals surface area contributed by atoms with Crippen molar-refractivity contribution in [3.63, 3.8) is 0 Å². The first-order chi connectivity index (χ1) is 17.7. The van der Waals surface area contributed by atoms with E-state index in [1.807, 2.05) is 0 Å². The number of alkyl halides is 3. The number of hydrogen-bond donors (Lipinski definition) is 1. The molecule has 0 saturated heterocycles. The van der Waals surface area contributed by atoms with Crippen LogP contribution in [-0.2, 0) is 43.4 Å². The number of halogens is 3. The molecule has 7 nitrogen and oxygen atoms in total. The topological polar surface area (TPSA) is 107 Å². The van der Waals surface area contributed by atoms with Gasteiger partial charge in [0.05, 0.1) is 35.4 Å². The quantitative estimate of drug-likeness (QED) is 0.218. The van der Waals surface area contributed by atoms with E-state index in [-0.39, 0.29) is 43.6 Å². The van der Waals surface area contributed by atoms with E-state index >= 15 is 0 Å². The Morgan fingerprint density at radius 2 is 1.42 bits per heavy atom. The summed E-state index contributed by atoms with van der Waals surface area (Å²) in [5, 5.41) is 0. The number of carbonyl (C=O) groups is 2. The highest BCUT2D eigenvalue weighted by Gasteiger charge is 2.47. The second-order valence-electron chi connectivity index (χ2n) is 10.0. The minimum atomic E-state index is -5.14. The van der Waals surface area contributed by atoms with E-state index in [2.05, 4.69) is 4.74 Å². The number of esters is 2. The zero-order valence-corrected chi connectivity index (χ0v) is 21.6. The molecule has 0 bridgehead atoms. The Morgan fingerprint density at radius 3 is 1.84 bits per heavy atom. The van der Waals surface area contributed by atoms with Crippen LogP contribution in [0.5, 0.6) is 5.75 Å². The Morgan fingerprint density at radius 1 is 0.921 bits per heavy atom. The monoisotopic (exact) mass is 550 g/mol. The van der Waals surface area contributed by atoms with Gasteiger partial charge in [-0.25, -0.2) is 0 Å². The molecule has 5 atom stereocenters. The van der Waals surface area contributed by atoms with Crippen LogP contribution in [0.15, 0.2) is 12.1 Å². The summed E-state index contributed by atoms with van der Waals surface area (Å²) in [6, 6.07) is 3.55. The van der Waals surface area contributed by atoms with Gasteiger partial charge in [0, 0.05) is 0 Å². The molecule has 2 fully saturated rings. The molecule has 0 aliphatic heterocycles. The maximum absolute atomic E-state index is 13.1. The molecule has 1 aromatic rings. The van der Waals surface area contributed by atoms with E-state index in [4.69, 9.17) is 32.8 Å². The first-order valence-corrected chi connectivity index (χ1v) is 14.1. The summed E-state index contributed by atoms with van der Waals surface area (Å²) in [7, 11) is 12.4. The first-order valence-electron chi connectivity index (χ1n) is 12.4. The highest BCUT2D eigenvalue weighted by Crippen LogP contribution is 2.46. The summed E-state index contributed by atoms with van der Waals surface area (Å²) < 4.78 is 80.4. The minimum absolute atomic E-state index is 0.000644. The van der Waals surface area contributed by atoms with Crippen LogP contribution >= 0.6 is 0 Å². The van der Waals surface area contributed by atoms with E-state index in [1.54, 1.807) is 12.1 Å². The van der Waals surface area contributed by atoms with Crippen molar-refractivity contribution in [2.24, 2.45) is 23.7 Å². The average molecular weight is 550 g/mol. The number of benzene rings is 1. The Balaban J connectivity index is 1.61. The molecule has 6 radical (unpaired) electrons. The number of hydrogen-bond acceptors (Lipinski definition) is 6. The van der Waals surface area contributed by atoms with Crippen LogP contribution < -0.4 is 4.74 Å². The van der Waals surface area contributed by atoms with E-state index in [1.165, 1.54) is 0 Å². The zero-order valence-electron chi connectivity index (χ0n) is 20.8. The summed E-state index contributed by atoms with van der Waals surface area (Å²) >= 11 is 0. The molecule has 0 amide bonds. The fourth-order valence-corrected chi connectivity index (χ4v) is 6.14. The van der Waals surface area contributed by atoms with Gasteiger partial charge >= 0.3 is 18.1 Å². The standard InChI is InChI=1S/C24H28B3F3O7S/c25-9-13-5-18(10-26)21(19(6-13)11-27)37-23(32)17-4-2-14-7-16(3-1-15(14)8-17)22(31)36-20(24(28,29)30)12-38(33,34)35/h5-6,14-17,20H,1-4,7-12H2,(H,33,34,35). The van der Waals surface area contributed by atoms with Crippen molar-refractivity contribution in [2.75, 3.05) is 5.75 Å². The molecule has 3 rings (SSSR count). The van der Waals surface area contributed by atoms with Gasteiger partial charge in [0.2, 0.25) is 6.10 Å². The van der Waals surface area contributed by atoms with E-state index in [0.717, 1.165) is 5.56 Å². The van der Waals surface area contributed by atoms with Gasteiger partial charge in [0.1, 0.15) is 11.5 Å². The summed E-state index contributed by atoms with van der Waals surface area (Å²) in [5.74, 6) is -4.11. The van der Waals surface area contributed by atoms with Crippen molar-refractivity contribution in [2.45, 2.75) is 69.8 Å². The van der Waals surface area contributed by atoms with E-state index in [9.17, 15) is 31.2 Å². The van der Waals surface area contributed by atoms with Gasteiger partial charge in [-0.1, -0.05) is 36.7 Å². The fourth-order valence-electron chi connectivity index (χ4n) is 5.50. The normalized spacial score (nSPS) is 24.7. The van der Waals surface area contributed by atoms with Crippen molar-refractivity contribution >= 4 is 45.6 Å². The molecule has 5 unspecified atom stereocenters. The molecule has 2 aliphatic rings. The third-order valence-electron chi connectivity index (χ3n) is 7.45. The average Bonchev–Trinajstić information content (AvgIpc) is 2.86. The van der Waals surface area contributed by atoms with Gasteiger partial charge in [-0.3, -0.25) is 14.1 Å². The Labute approximate surface area is 224 Å². The number of fused-ring (bicyclic) bond motifs is 1. The second kappa shape index (κ2) is 12.5. The molecular formula is C24H28B3F3O7S. The second-order valence-corrected chi connectivity index (χ2v) is 11.5. The Bertz CT molecular complexity index is 1100. The smallest absolute Gasteiger partial charge is 0.426 e. The summed E-state index contributed by atoms with van der Waals surface area (Å²) in [5.41, 5.74) is 2.07. The highest BCUT2D eigenvalue weighted by molar-refractivity contribution is 7.85. The van der Waals surface area contributed by atoms with Gasteiger partial charge in [-0.05, 0) is 61.5 Å². The van der Waals surface area contributed by atoms with Gasteiger partial charge < -0.3 is 9.47 Å². The molecule has 1 aromatic carbocycles. The van der Waals surface area contributed by atoms with Crippen LogP contribution in [0.4, 0.5) is 13.2 Å². The van der Waals surface area contributed by atoms with Crippen LogP contribution in [0.25, 0.3) is 0 Å². The van der Waals surface area contributed by atoms with Crippen LogP contribution in [0.2, 0.25) is 0 Å². The lowest BCUT2D eigenvalue weighted by atomic mass is 9.65. The van der Waals surface area contributed by atoms with E-state index in [0.29, 0.717) is 42.6 Å². The van der Waals surface area contributed by atoms with Gasteiger partial charge in [-0.2, -0.15) is 21.6 Å². The third-order valence-corrected chi connectivity index (χ3v) is 8.17. The Hall–Kier alpha value is -1.95. The molecule has 1 N–H and O–H groups in total. The SMILES string of the molecule is [B]Cc1cc(C[B])c(OC(=O)C2CCC3CC(C(=O)OC(CS(=O)(=O)O)C(F)(F)F)CCC3C2)c(C[B])c1. The lowest BCUT2D eigenvalue weighted by molar-refractivity contribution is -0.218. The van der Waals surface area contributed by atoms with Crippen LogP contribution in [0.3, 0.4) is 0 Å². The predicted octanol–water partition coefficient (Wildman–Crippen LogP) is 2.79. The summed E-state index contributed by atoms with van der Waals surface area (Å²) in [6.07, 6.45) is -4.95. The van der Waals surface area contributed by atoms with E-state index < -0.39 is 51.9 Å². The van der Waals surface area contributed by atoms with Crippen molar-refractivity contribution < 1.29 is 45.2 Å². The molecule has 38 heavy (non-hydrogen) atoms. The fraction of sp³-hybridized carbons (Fsp3) is 0.667. The van der Waals surface area contributed by atoms with Crippen LogP contribution in [0.1, 0.15) is 55.2 Å². The minimum Gasteiger partial charge on any atom is -0.451 e. The Kier molecular flexibility index (Phi) is 10.1. The lowest BCUT2D eigenvalue weighted by Gasteiger charge is -2.41. The largest absolute Gasteiger partial charge is 0.451 e. The third kappa shape index (κ3) is 7.80. The summed E-state index contributed by atoms with van der Waals surface area (Å²) in [4.78, 5) is 25.5. The van der Waals surface area contributed by atoms with Gasteiger partial charge in [-0.15, -0.1) is 0 Å². The predicted molar refractivity (Wildman–Crippen MR) is 134 cm³/mol. The summed E-state index contributed by atoms with van der Waals surface area (Å²) in [6.45, 7) is 0. The lowest BCUT2D eigenvalue weighted by Crippen LogP contribution is -2.42. The molecule has 0 heterocycles. The van der Waals surface area contributed by atoms with Crippen molar-refractivity contribution in [3.05, 3.63) is 28.8 Å². The van der Waals surface area contributed by atoms with Crippen molar-refractivity contribution in [3.8, 4) is 5.75 Å². The molecule has 202 valence electrons. The molecule has 0 aromatic heterocycles. The first kappa shape index (κ1) is 30.6. The number of carbonyl (C=O) groups excluding carboxylic acids is 2. The van der Waals surface area contributed by atoms with Crippen LogP contribution in [-0.4, -0.2) is 66.5 Å². The van der Waals surface area contributed by atoms with Crippen molar-refractivity contribution in [1.29, 1.82) is 0 Å². The molecule has 0 spiro atoms. The number of rotatable bonds is 9. The van der Waals surface area contributed by atoms with Crippen molar-refractivity contribution in [1.82, 2.24) is 0 Å². The molecular weight excluding hydrogens is 522 g/mol. The molecule has 14 heteroatoms. The number of ether oxygens (including phenoxy) is 2. The molecule has 2 aliphatic carbocycles. The highest BCUT2D eigenvalue weighted by atomic mass is 32.2. The zero-order chi connectivity index (χ0) is 28.3. The van der Waals surface area contributed by atoms with Crippen LogP contribution in [0, 0.1) is 23.7 Å². The molecule has 2 saturated carbocycles. The van der Waals surface area contributed by atoms with Gasteiger partial charge in [0.15, 0.2) is 0 Å². The van der Waals surface area contributed by atoms with Gasteiger partial charge in [0.25, 0.3) is 10.1 Å². The maximum atomic E-state index is 13.1.